The molecule has 0 unspecified atom stereocenters. The highest BCUT2D eigenvalue weighted by Crippen LogP contribution is 2.36. The molecule has 0 spiro atoms. The summed E-state index contributed by atoms with van der Waals surface area (Å²) in [5, 5.41) is 3.28. The lowest BCUT2D eigenvalue weighted by Gasteiger charge is -2.13. The Morgan fingerprint density at radius 2 is 2.14 bits per heavy atom. The van der Waals surface area contributed by atoms with Gasteiger partial charge >= 0.3 is 0 Å². The van der Waals surface area contributed by atoms with E-state index in [0.29, 0.717) is 49.1 Å². The number of hydrogen-bond donors (Lipinski definition) is 2. The molecular formula is C14H22Cl2N2O3. The average molecular weight is 337 g/mol. The van der Waals surface area contributed by atoms with Crippen LogP contribution in [0.15, 0.2) is 12.1 Å². The van der Waals surface area contributed by atoms with Gasteiger partial charge in [-0.25, -0.2) is 0 Å². The van der Waals surface area contributed by atoms with Crippen molar-refractivity contribution in [2.24, 2.45) is 5.73 Å². The molecule has 120 valence electrons. The van der Waals surface area contributed by atoms with Crippen LogP contribution in [0.5, 0.6) is 11.5 Å². The molecule has 1 aromatic rings. The average Bonchev–Trinajstić information content (AvgIpc) is 2.45. The largest absolute Gasteiger partial charge is 0.493 e. The highest BCUT2D eigenvalue weighted by molar-refractivity contribution is 6.32. The Balaban J connectivity index is 0.00000400. The van der Waals surface area contributed by atoms with E-state index >= 15 is 0 Å². The van der Waals surface area contributed by atoms with Gasteiger partial charge in [0, 0.05) is 13.0 Å². The number of hydrogen-bond acceptors (Lipinski definition) is 4. The number of halogens is 2. The Labute approximate surface area is 136 Å². The monoisotopic (exact) mass is 336 g/mol. The molecular weight excluding hydrogens is 315 g/mol. The van der Waals surface area contributed by atoms with Crippen molar-refractivity contribution in [1.29, 1.82) is 0 Å². The molecule has 0 aliphatic rings. The van der Waals surface area contributed by atoms with Crippen LogP contribution < -0.4 is 20.5 Å². The summed E-state index contributed by atoms with van der Waals surface area (Å²) in [4.78, 5) is 11.5. The van der Waals surface area contributed by atoms with Crippen LogP contribution in [0.4, 0.5) is 0 Å². The van der Waals surface area contributed by atoms with Gasteiger partial charge in [-0.2, -0.15) is 0 Å². The summed E-state index contributed by atoms with van der Waals surface area (Å²) in [5.74, 6) is 1.06. The highest BCUT2D eigenvalue weighted by atomic mass is 35.5. The molecule has 0 saturated carbocycles. The molecule has 0 bridgehead atoms. The van der Waals surface area contributed by atoms with Gasteiger partial charge in [0.15, 0.2) is 11.5 Å². The van der Waals surface area contributed by atoms with Crippen LogP contribution in [0.3, 0.4) is 0 Å². The third-order valence-electron chi connectivity index (χ3n) is 2.68. The van der Waals surface area contributed by atoms with Gasteiger partial charge < -0.3 is 20.5 Å². The van der Waals surface area contributed by atoms with Crippen molar-refractivity contribution in [3.8, 4) is 11.5 Å². The van der Waals surface area contributed by atoms with Gasteiger partial charge in [-0.1, -0.05) is 11.6 Å². The first-order valence-corrected chi connectivity index (χ1v) is 6.96. The fourth-order valence-electron chi connectivity index (χ4n) is 1.71. The van der Waals surface area contributed by atoms with Crippen molar-refractivity contribution in [2.75, 3.05) is 20.3 Å². The minimum absolute atomic E-state index is 0. The molecule has 0 fully saturated rings. The predicted molar refractivity (Wildman–Crippen MR) is 86.6 cm³/mol. The quantitative estimate of drug-likeness (QED) is 0.764. The lowest BCUT2D eigenvalue weighted by atomic mass is 10.2. The number of carbonyl (C=O) groups excluding carboxylic acids is 1. The third-order valence-corrected chi connectivity index (χ3v) is 2.96. The molecule has 1 amide bonds. The molecule has 21 heavy (non-hydrogen) atoms. The van der Waals surface area contributed by atoms with Crippen LogP contribution in [0.1, 0.15) is 25.3 Å². The molecule has 0 aliphatic heterocycles. The standard InChI is InChI=1S/C14H21ClN2O3.ClH/c1-3-20-14-11(15)7-10(8-12(14)19-2)9-17-13(18)5-4-6-16;/h7-8H,3-6,9,16H2,1-2H3,(H,17,18);1H. The van der Waals surface area contributed by atoms with Gasteiger partial charge in [0.1, 0.15) is 0 Å². The zero-order valence-corrected chi connectivity index (χ0v) is 13.9. The first-order valence-electron chi connectivity index (χ1n) is 6.58. The molecule has 0 radical (unpaired) electrons. The summed E-state index contributed by atoms with van der Waals surface area (Å²) in [5.41, 5.74) is 6.22. The molecule has 1 rings (SSSR count). The van der Waals surface area contributed by atoms with Crippen molar-refractivity contribution < 1.29 is 14.3 Å². The van der Waals surface area contributed by atoms with Crippen LogP contribution in [-0.2, 0) is 11.3 Å². The summed E-state index contributed by atoms with van der Waals surface area (Å²) in [6, 6.07) is 3.57. The second-order valence-corrected chi connectivity index (χ2v) is 4.62. The summed E-state index contributed by atoms with van der Waals surface area (Å²) < 4.78 is 10.7. The van der Waals surface area contributed by atoms with Gasteiger partial charge in [-0.3, -0.25) is 4.79 Å². The Hall–Kier alpha value is -1.17. The van der Waals surface area contributed by atoms with E-state index in [1.807, 2.05) is 6.92 Å². The second-order valence-electron chi connectivity index (χ2n) is 4.21. The van der Waals surface area contributed by atoms with Crippen molar-refractivity contribution in [3.63, 3.8) is 0 Å². The molecule has 0 aromatic heterocycles. The van der Waals surface area contributed by atoms with E-state index < -0.39 is 0 Å². The van der Waals surface area contributed by atoms with Crippen molar-refractivity contribution in [1.82, 2.24) is 5.32 Å². The summed E-state index contributed by atoms with van der Waals surface area (Å²) in [7, 11) is 1.55. The molecule has 0 aliphatic carbocycles. The molecule has 0 saturated heterocycles. The Morgan fingerprint density at radius 3 is 2.71 bits per heavy atom. The number of rotatable bonds is 8. The SMILES string of the molecule is CCOc1c(Cl)cc(CNC(=O)CCCN)cc1OC.Cl. The summed E-state index contributed by atoms with van der Waals surface area (Å²) in [6.45, 7) is 3.29. The number of ether oxygens (including phenoxy) is 2. The van der Waals surface area contributed by atoms with E-state index in [4.69, 9.17) is 26.8 Å². The number of nitrogens with one attached hydrogen (secondary N) is 1. The fourth-order valence-corrected chi connectivity index (χ4v) is 2.00. The third kappa shape index (κ3) is 6.42. The predicted octanol–water partition coefficient (Wildman–Crippen LogP) is 2.52. The maximum Gasteiger partial charge on any atom is 0.220 e. The maximum atomic E-state index is 11.5. The van der Waals surface area contributed by atoms with Crippen LogP contribution in [0.25, 0.3) is 0 Å². The zero-order valence-electron chi connectivity index (χ0n) is 12.3. The number of amides is 1. The first kappa shape index (κ1) is 19.8. The van der Waals surface area contributed by atoms with Crippen molar-refractivity contribution in [3.05, 3.63) is 22.7 Å². The minimum atomic E-state index is -0.0283. The lowest BCUT2D eigenvalue weighted by molar-refractivity contribution is -0.121. The van der Waals surface area contributed by atoms with Crippen molar-refractivity contribution in [2.45, 2.75) is 26.3 Å². The Bertz CT molecular complexity index is 456. The van der Waals surface area contributed by atoms with Crippen LogP contribution in [0.2, 0.25) is 5.02 Å². The molecule has 0 atom stereocenters. The van der Waals surface area contributed by atoms with E-state index in [9.17, 15) is 4.79 Å². The number of methoxy groups -OCH3 is 1. The van der Waals surface area contributed by atoms with Gasteiger partial charge in [0.25, 0.3) is 0 Å². The summed E-state index contributed by atoms with van der Waals surface area (Å²) >= 11 is 6.16. The normalized spacial score (nSPS) is 9.71. The molecule has 5 nitrogen and oxygen atoms in total. The minimum Gasteiger partial charge on any atom is -0.493 e. The van der Waals surface area contributed by atoms with E-state index in [0.717, 1.165) is 5.56 Å². The van der Waals surface area contributed by atoms with E-state index in [2.05, 4.69) is 5.32 Å². The highest BCUT2D eigenvalue weighted by Gasteiger charge is 2.12. The van der Waals surface area contributed by atoms with Crippen LogP contribution >= 0.6 is 24.0 Å². The van der Waals surface area contributed by atoms with Gasteiger partial charge in [-0.15, -0.1) is 12.4 Å². The van der Waals surface area contributed by atoms with E-state index in [1.165, 1.54) is 0 Å². The molecule has 1 aromatic carbocycles. The first-order chi connectivity index (χ1) is 9.62. The maximum absolute atomic E-state index is 11.5. The number of carbonyl (C=O) groups is 1. The number of nitrogens with two attached hydrogens (primary N) is 1. The molecule has 3 N–H and O–H groups in total. The zero-order chi connectivity index (χ0) is 15.0. The Morgan fingerprint density at radius 1 is 1.43 bits per heavy atom. The van der Waals surface area contributed by atoms with E-state index in [1.54, 1.807) is 19.2 Å². The Kier molecular flexibility index (Phi) is 9.95. The van der Waals surface area contributed by atoms with Gasteiger partial charge in [0.05, 0.1) is 18.7 Å². The second kappa shape index (κ2) is 10.5. The topological polar surface area (TPSA) is 73.6 Å². The van der Waals surface area contributed by atoms with Crippen LogP contribution in [-0.4, -0.2) is 26.2 Å². The van der Waals surface area contributed by atoms with Crippen molar-refractivity contribution >= 4 is 29.9 Å². The van der Waals surface area contributed by atoms with Crippen LogP contribution in [0, 0.1) is 0 Å². The fraction of sp³-hybridized carbons (Fsp3) is 0.500. The smallest absolute Gasteiger partial charge is 0.220 e. The molecule has 0 heterocycles. The van der Waals surface area contributed by atoms with Gasteiger partial charge in [0.2, 0.25) is 5.91 Å². The summed E-state index contributed by atoms with van der Waals surface area (Å²) in [6.07, 6.45) is 1.11. The van der Waals surface area contributed by atoms with Gasteiger partial charge in [-0.05, 0) is 37.6 Å². The van der Waals surface area contributed by atoms with E-state index in [-0.39, 0.29) is 18.3 Å². The lowest BCUT2D eigenvalue weighted by Crippen LogP contribution is -2.23. The number of benzene rings is 1. The molecule has 7 heteroatoms.